The Kier molecular flexibility index (Phi) is 6.48. The zero-order valence-corrected chi connectivity index (χ0v) is 18.0. The van der Waals surface area contributed by atoms with Gasteiger partial charge in [-0.15, -0.1) is 0 Å². The van der Waals surface area contributed by atoms with Gasteiger partial charge in [0.05, 0.1) is 26.4 Å². The van der Waals surface area contributed by atoms with E-state index in [0.717, 1.165) is 0 Å². The summed E-state index contributed by atoms with van der Waals surface area (Å²) in [5.74, 6) is -0.314. The van der Waals surface area contributed by atoms with E-state index in [1.165, 1.54) is 16.7 Å². The molecular formula is C22H17Cl3N2O2. The standard InChI is InChI=1S/C22H17Cl3N2O2/c1-26(2)13-12-19-15(22(29)14-6-3-4-7-16(14)23)10-11-20(28)27(19)21-17(24)8-5-9-18(21)25/h3-13H,1-2H3/b13-12+. The zero-order valence-electron chi connectivity index (χ0n) is 15.7. The molecule has 7 heteroatoms. The van der Waals surface area contributed by atoms with Crippen LogP contribution in [-0.4, -0.2) is 29.3 Å². The lowest BCUT2D eigenvalue weighted by Gasteiger charge is -2.17. The van der Waals surface area contributed by atoms with Crippen molar-refractivity contribution in [3.63, 3.8) is 0 Å². The molecule has 0 radical (unpaired) electrons. The third-order valence-electron chi connectivity index (χ3n) is 4.18. The molecule has 0 N–H and O–H groups in total. The molecule has 3 aromatic rings. The van der Waals surface area contributed by atoms with Gasteiger partial charge in [-0.25, -0.2) is 0 Å². The van der Waals surface area contributed by atoms with Crippen molar-refractivity contribution in [2.45, 2.75) is 0 Å². The van der Waals surface area contributed by atoms with Crippen LogP contribution in [0.1, 0.15) is 21.6 Å². The van der Waals surface area contributed by atoms with Crippen molar-refractivity contribution in [1.82, 2.24) is 9.47 Å². The number of rotatable bonds is 5. The molecule has 0 bridgehead atoms. The Balaban J connectivity index is 2.35. The van der Waals surface area contributed by atoms with E-state index in [0.29, 0.717) is 37.6 Å². The van der Waals surface area contributed by atoms with Gasteiger partial charge in [0.2, 0.25) is 0 Å². The van der Waals surface area contributed by atoms with E-state index >= 15 is 0 Å². The molecule has 1 heterocycles. The van der Waals surface area contributed by atoms with Gasteiger partial charge in [-0.3, -0.25) is 14.2 Å². The van der Waals surface area contributed by atoms with Gasteiger partial charge in [-0.1, -0.05) is 53.0 Å². The molecular weight excluding hydrogens is 431 g/mol. The number of pyridine rings is 1. The Labute approximate surface area is 183 Å². The predicted molar refractivity (Wildman–Crippen MR) is 120 cm³/mol. The van der Waals surface area contributed by atoms with Crippen molar-refractivity contribution in [1.29, 1.82) is 0 Å². The molecule has 4 nitrogen and oxygen atoms in total. The summed E-state index contributed by atoms with van der Waals surface area (Å²) in [5, 5.41) is 0.913. The number of hydrogen-bond acceptors (Lipinski definition) is 3. The molecule has 0 amide bonds. The van der Waals surface area contributed by atoms with E-state index in [-0.39, 0.29) is 11.3 Å². The molecule has 0 unspecified atom stereocenters. The summed E-state index contributed by atoms with van der Waals surface area (Å²) >= 11 is 18.9. The van der Waals surface area contributed by atoms with Crippen LogP contribution in [0.2, 0.25) is 15.1 Å². The molecule has 0 aliphatic carbocycles. The first-order chi connectivity index (χ1) is 13.8. The molecule has 2 aromatic carbocycles. The van der Waals surface area contributed by atoms with Crippen LogP contribution in [0.25, 0.3) is 11.8 Å². The van der Waals surface area contributed by atoms with Crippen LogP contribution in [-0.2, 0) is 0 Å². The number of benzene rings is 2. The van der Waals surface area contributed by atoms with Gasteiger partial charge in [-0.05, 0) is 36.4 Å². The van der Waals surface area contributed by atoms with Crippen LogP contribution in [0.3, 0.4) is 0 Å². The minimum atomic E-state index is -0.367. The maximum atomic E-state index is 13.3. The largest absolute Gasteiger partial charge is 0.383 e. The minimum absolute atomic E-state index is 0.293. The number of para-hydroxylation sites is 1. The molecule has 0 aliphatic rings. The van der Waals surface area contributed by atoms with E-state index in [9.17, 15) is 9.59 Å². The molecule has 3 rings (SSSR count). The summed E-state index contributed by atoms with van der Waals surface area (Å²) in [6.45, 7) is 0. The highest BCUT2D eigenvalue weighted by atomic mass is 35.5. The second-order valence-electron chi connectivity index (χ2n) is 6.46. The van der Waals surface area contributed by atoms with Crippen LogP contribution >= 0.6 is 34.8 Å². The van der Waals surface area contributed by atoms with Crippen molar-refractivity contribution in [2.75, 3.05) is 14.1 Å². The Hall–Kier alpha value is -2.53. The van der Waals surface area contributed by atoms with Gasteiger partial charge in [0.25, 0.3) is 5.56 Å². The third-order valence-corrected chi connectivity index (χ3v) is 5.12. The highest BCUT2D eigenvalue weighted by Gasteiger charge is 2.21. The smallest absolute Gasteiger partial charge is 0.255 e. The molecule has 29 heavy (non-hydrogen) atoms. The number of nitrogens with zero attached hydrogens (tertiary/aromatic N) is 2. The summed E-state index contributed by atoms with van der Waals surface area (Å²) in [5.41, 5.74) is 0.934. The number of carbonyl (C=O) groups excluding carboxylic acids is 1. The highest BCUT2D eigenvalue weighted by Crippen LogP contribution is 2.30. The molecule has 148 valence electrons. The number of hydrogen-bond donors (Lipinski definition) is 0. The predicted octanol–water partition coefficient (Wildman–Crippen LogP) is 5.56. The van der Waals surface area contributed by atoms with Crippen LogP contribution in [0.5, 0.6) is 0 Å². The summed E-state index contributed by atoms with van der Waals surface area (Å²) in [6.07, 6.45) is 3.41. The summed E-state index contributed by atoms with van der Waals surface area (Å²) in [6, 6.07) is 14.5. The van der Waals surface area contributed by atoms with Crippen molar-refractivity contribution in [2.24, 2.45) is 0 Å². The summed E-state index contributed by atoms with van der Waals surface area (Å²) in [7, 11) is 3.67. The number of aromatic nitrogens is 1. The van der Waals surface area contributed by atoms with Crippen molar-refractivity contribution in [3.8, 4) is 5.69 Å². The molecule has 0 spiro atoms. The molecule has 0 saturated heterocycles. The zero-order chi connectivity index (χ0) is 21.1. The van der Waals surface area contributed by atoms with E-state index in [4.69, 9.17) is 34.8 Å². The first kappa shape index (κ1) is 21.2. The van der Waals surface area contributed by atoms with Gasteiger partial charge < -0.3 is 4.90 Å². The second kappa shape index (κ2) is 8.87. The minimum Gasteiger partial charge on any atom is -0.383 e. The van der Waals surface area contributed by atoms with Crippen LogP contribution in [0.15, 0.2) is 65.6 Å². The van der Waals surface area contributed by atoms with E-state index in [1.54, 1.807) is 59.6 Å². The van der Waals surface area contributed by atoms with Crippen LogP contribution < -0.4 is 5.56 Å². The van der Waals surface area contributed by atoms with E-state index in [2.05, 4.69) is 0 Å². The Morgan fingerprint density at radius 3 is 2.10 bits per heavy atom. The Morgan fingerprint density at radius 1 is 0.862 bits per heavy atom. The lowest BCUT2D eigenvalue weighted by atomic mass is 10.0. The van der Waals surface area contributed by atoms with E-state index < -0.39 is 0 Å². The highest BCUT2D eigenvalue weighted by molar-refractivity contribution is 6.38. The topological polar surface area (TPSA) is 42.3 Å². The fraction of sp³-hybridized carbons (Fsp3) is 0.0909. The van der Waals surface area contributed by atoms with Crippen molar-refractivity contribution < 1.29 is 4.79 Å². The van der Waals surface area contributed by atoms with Crippen molar-refractivity contribution in [3.05, 3.63) is 103 Å². The first-order valence-corrected chi connectivity index (χ1v) is 9.79. The fourth-order valence-electron chi connectivity index (χ4n) is 2.85. The summed E-state index contributed by atoms with van der Waals surface area (Å²) in [4.78, 5) is 27.9. The number of halogens is 3. The molecule has 0 aliphatic heterocycles. The first-order valence-electron chi connectivity index (χ1n) is 8.65. The quantitative estimate of drug-likeness (QED) is 0.481. The molecule has 0 fully saturated rings. The van der Waals surface area contributed by atoms with Gasteiger partial charge in [0.1, 0.15) is 0 Å². The fourth-order valence-corrected chi connectivity index (χ4v) is 3.64. The average molecular weight is 448 g/mol. The van der Waals surface area contributed by atoms with E-state index in [1.807, 2.05) is 14.1 Å². The lowest BCUT2D eigenvalue weighted by Crippen LogP contribution is -2.23. The third kappa shape index (κ3) is 4.40. The lowest BCUT2D eigenvalue weighted by molar-refractivity contribution is 0.103. The van der Waals surface area contributed by atoms with Crippen LogP contribution in [0, 0.1) is 0 Å². The maximum absolute atomic E-state index is 13.3. The van der Waals surface area contributed by atoms with Gasteiger partial charge in [0, 0.05) is 37.5 Å². The van der Waals surface area contributed by atoms with Crippen molar-refractivity contribution >= 4 is 46.7 Å². The monoisotopic (exact) mass is 446 g/mol. The van der Waals surface area contributed by atoms with Crippen LogP contribution in [0.4, 0.5) is 0 Å². The Bertz CT molecular complexity index is 1150. The second-order valence-corrected chi connectivity index (χ2v) is 7.69. The SMILES string of the molecule is CN(C)/C=C/c1c(C(=O)c2ccccc2Cl)ccc(=O)n1-c1c(Cl)cccc1Cl. The normalized spacial score (nSPS) is 11.1. The number of ketones is 1. The molecule has 0 saturated carbocycles. The summed E-state index contributed by atoms with van der Waals surface area (Å²) < 4.78 is 1.34. The molecule has 0 atom stereocenters. The average Bonchev–Trinajstić information content (AvgIpc) is 2.67. The maximum Gasteiger partial charge on any atom is 0.255 e. The van der Waals surface area contributed by atoms with Gasteiger partial charge in [-0.2, -0.15) is 0 Å². The van der Waals surface area contributed by atoms with Gasteiger partial charge in [0.15, 0.2) is 5.78 Å². The molecule has 1 aromatic heterocycles. The number of carbonyl (C=O) groups is 1. The Morgan fingerprint density at radius 2 is 1.48 bits per heavy atom. The van der Waals surface area contributed by atoms with Gasteiger partial charge >= 0.3 is 0 Å².